The Bertz CT molecular complexity index is 873. The lowest BCUT2D eigenvalue weighted by Gasteiger charge is -2.51. The fourth-order valence-electron chi connectivity index (χ4n) is 6.50. The molecule has 1 aromatic carbocycles. The number of hydrogen-bond acceptors (Lipinski definition) is 5. The molecule has 1 aliphatic heterocycles. The minimum Gasteiger partial charge on any atom is -0.498 e. The van der Waals surface area contributed by atoms with Crippen molar-refractivity contribution in [2.75, 3.05) is 21.0 Å². The second kappa shape index (κ2) is 4.71. The molecule has 5 atom stereocenters. The van der Waals surface area contributed by atoms with Crippen molar-refractivity contribution >= 4 is 5.78 Å². The average Bonchev–Trinajstić information content (AvgIpc) is 2.93. The summed E-state index contributed by atoms with van der Waals surface area (Å²) >= 11 is 0. The van der Waals surface area contributed by atoms with Crippen LogP contribution in [0.1, 0.15) is 24.8 Å². The summed E-state index contributed by atoms with van der Waals surface area (Å²) in [6, 6.07) is 5.98. The van der Waals surface area contributed by atoms with Crippen LogP contribution in [0.15, 0.2) is 42.7 Å². The number of hydrogen-bond donors (Lipinski definition) is 0. The number of methoxy groups -OCH3 is 2. The van der Waals surface area contributed by atoms with Gasteiger partial charge in [-0.05, 0) is 24.1 Å². The van der Waals surface area contributed by atoms with Crippen LogP contribution < -0.4 is 9.47 Å². The van der Waals surface area contributed by atoms with Gasteiger partial charge < -0.3 is 18.9 Å². The van der Waals surface area contributed by atoms with Crippen LogP contribution in [0.5, 0.6) is 11.5 Å². The number of ketones is 1. The van der Waals surface area contributed by atoms with Crippen LogP contribution in [0.25, 0.3) is 0 Å². The minimum atomic E-state index is -0.556. The number of rotatable bonds is 5. The number of allylic oxidation sites excluding steroid dienone is 2. The number of carbonyl (C=O) groups excluding carboxylic acids is 1. The standard InChI is InChI=1S/C21H22O5/c1-5-8-20-15(22)10-16(23-3)21(24-4)18(20)19(21,2)17(20)12-6-7-13-14(9-12)26-11-25-13/h5-7,9-10,17-18H,1,8,11H2,2-4H3. The van der Waals surface area contributed by atoms with Gasteiger partial charge in [-0.3, -0.25) is 4.79 Å². The molecule has 1 heterocycles. The van der Waals surface area contributed by atoms with Gasteiger partial charge in [0.25, 0.3) is 0 Å². The quantitative estimate of drug-likeness (QED) is 0.760. The molecule has 5 unspecified atom stereocenters. The summed E-state index contributed by atoms with van der Waals surface area (Å²) in [6.45, 7) is 6.35. The molecule has 5 rings (SSSR count). The highest BCUT2D eigenvalue weighted by atomic mass is 16.7. The van der Waals surface area contributed by atoms with Crippen LogP contribution in [0.3, 0.4) is 0 Å². The molecule has 0 radical (unpaired) electrons. The summed E-state index contributed by atoms with van der Waals surface area (Å²) in [4.78, 5) is 13.3. The second-order valence-corrected chi connectivity index (χ2v) is 7.81. The largest absolute Gasteiger partial charge is 0.498 e. The van der Waals surface area contributed by atoms with Crippen molar-refractivity contribution in [3.8, 4) is 11.5 Å². The van der Waals surface area contributed by atoms with E-state index in [0.717, 1.165) is 17.1 Å². The third kappa shape index (κ3) is 1.36. The van der Waals surface area contributed by atoms with Crippen LogP contribution in [-0.2, 0) is 14.3 Å². The first kappa shape index (κ1) is 15.9. The van der Waals surface area contributed by atoms with Crippen molar-refractivity contribution in [1.29, 1.82) is 0 Å². The van der Waals surface area contributed by atoms with Gasteiger partial charge in [-0.2, -0.15) is 0 Å². The average molecular weight is 354 g/mol. The number of ether oxygens (including phenoxy) is 4. The zero-order chi connectivity index (χ0) is 18.3. The lowest BCUT2D eigenvalue weighted by Crippen LogP contribution is -2.51. The first-order valence-electron chi connectivity index (χ1n) is 8.88. The lowest BCUT2D eigenvalue weighted by atomic mass is 9.49. The topological polar surface area (TPSA) is 54.0 Å². The molecule has 26 heavy (non-hydrogen) atoms. The Kier molecular flexibility index (Phi) is 2.89. The lowest BCUT2D eigenvalue weighted by molar-refractivity contribution is -0.135. The van der Waals surface area contributed by atoms with E-state index in [-0.39, 0.29) is 29.8 Å². The molecule has 0 aromatic heterocycles. The highest BCUT2D eigenvalue weighted by Gasteiger charge is 2.97. The normalized spacial score (nSPS) is 41.0. The molecule has 5 heteroatoms. The highest BCUT2D eigenvalue weighted by molar-refractivity contribution is 6.02. The molecule has 4 aliphatic rings. The molecule has 136 valence electrons. The smallest absolute Gasteiger partial charge is 0.231 e. The third-order valence-electron chi connectivity index (χ3n) is 7.19. The zero-order valence-corrected chi connectivity index (χ0v) is 15.2. The molecular formula is C21H22O5. The van der Waals surface area contributed by atoms with E-state index in [1.165, 1.54) is 0 Å². The maximum Gasteiger partial charge on any atom is 0.231 e. The van der Waals surface area contributed by atoms with Gasteiger partial charge in [0.05, 0.1) is 12.5 Å². The predicted octanol–water partition coefficient (Wildman–Crippen LogP) is 3.21. The fraction of sp³-hybridized carbons (Fsp3) is 0.476. The first-order chi connectivity index (χ1) is 12.5. The Hall–Kier alpha value is -2.27. The summed E-state index contributed by atoms with van der Waals surface area (Å²) in [5.74, 6) is 2.31. The van der Waals surface area contributed by atoms with Gasteiger partial charge >= 0.3 is 0 Å². The Morgan fingerprint density at radius 2 is 2.08 bits per heavy atom. The molecule has 0 bridgehead atoms. The number of benzene rings is 1. The monoisotopic (exact) mass is 354 g/mol. The second-order valence-electron chi connectivity index (χ2n) is 7.81. The Labute approximate surface area is 152 Å². The van der Waals surface area contributed by atoms with E-state index in [1.54, 1.807) is 20.3 Å². The van der Waals surface area contributed by atoms with Crippen LogP contribution in [0.2, 0.25) is 0 Å². The van der Waals surface area contributed by atoms with Gasteiger partial charge in [0, 0.05) is 30.4 Å². The molecular weight excluding hydrogens is 332 g/mol. The van der Waals surface area contributed by atoms with E-state index in [9.17, 15) is 4.79 Å². The molecule has 1 aromatic rings. The minimum absolute atomic E-state index is 0.00356. The molecule has 0 spiro atoms. The fourth-order valence-corrected chi connectivity index (χ4v) is 6.50. The molecule has 2 saturated carbocycles. The molecule has 0 amide bonds. The summed E-state index contributed by atoms with van der Waals surface area (Å²) in [5, 5.41) is 0. The third-order valence-corrected chi connectivity index (χ3v) is 7.19. The van der Waals surface area contributed by atoms with Crippen LogP contribution in [0.4, 0.5) is 0 Å². The first-order valence-corrected chi connectivity index (χ1v) is 8.88. The van der Waals surface area contributed by atoms with E-state index in [0.29, 0.717) is 12.2 Å². The van der Waals surface area contributed by atoms with Gasteiger partial charge in [0.2, 0.25) is 6.79 Å². The molecule has 5 nitrogen and oxygen atoms in total. The summed E-state index contributed by atoms with van der Waals surface area (Å²) < 4.78 is 22.7. The van der Waals surface area contributed by atoms with Gasteiger partial charge in [0.1, 0.15) is 11.4 Å². The highest BCUT2D eigenvalue weighted by Crippen LogP contribution is 2.92. The number of fused-ring (bicyclic) bond motifs is 2. The molecule has 2 fully saturated rings. The zero-order valence-electron chi connectivity index (χ0n) is 15.2. The number of carbonyl (C=O) groups is 1. The SMILES string of the molecule is C=CCC12C(=O)C=C(OC)C3(OC)C1C3(C)C2c1ccc2c(c1)OCO2. The van der Waals surface area contributed by atoms with Crippen LogP contribution >= 0.6 is 0 Å². The van der Waals surface area contributed by atoms with Gasteiger partial charge in [-0.25, -0.2) is 0 Å². The molecule has 0 saturated heterocycles. The van der Waals surface area contributed by atoms with Gasteiger partial charge in [-0.15, -0.1) is 6.58 Å². The van der Waals surface area contributed by atoms with Crippen molar-refractivity contribution in [3.63, 3.8) is 0 Å². The van der Waals surface area contributed by atoms with Crippen molar-refractivity contribution in [2.45, 2.75) is 24.9 Å². The van der Waals surface area contributed by atoms with Gasteiger partial charge in [-0.1, -0.05) is 19.1 Å². The van der Waals surface area contributed by atoms with Crippen molar-refractivity contribution < 1.29 is 23.7 Å². The maximum absolute atomic E-state index is 13.3. The Balaban J connectivity index is 1.70. The summed E-state index contributed by atoms with van der Waals surface area (Å²) in [7, 11) is 3.32. The Morgan fingerprint density at radius 3 is 2.77 bits per heavy atom. The van der Waals surface area contributed by atoms with E-state index in [1.807, 2.05) is 24.3 Å². The van der Waals surface area contributed by atoms with Gasteiger partial charge in [0.15, 0.2) is 17.3 Å². The summed E-state index contributed by atoms with van der Waals surface area (Å²) in [5.41, 5.74) is -0.220. The van der Waals surface area contributed by atoms with E-state index >= 15 is 0 Å². The maximum atomic E-state index is 13.3. The molecule has 3 aliphatic carbocycles. The summed E-state index contributed by atoms with van der Waals surface area (Å²) in [6.07, 6.45) is 4.10. The van der Waals surface area contributed by atoms with E-state index < -0.39 is 11.0 Å². The Morgan fingerprint density at radius 1 is 1.31 bits per heavy atom. The van der Waals surface area contributed by atoms with Crippen LogP contribution in [-0.4, -0.2) is 32.4 Å². The van der Waals surface area contributed by atoms with E-state index in [4.69, 9.17) is 18.9 Å². The molecule has 0 N–H and O–H groups in total. The van der Waals surface area contributed by atoms with Crippen molar-refractivity contribution in [1.82, 2.24) is 0 Å². The van der Waals surface area contributed by atoms with Crippen molar-refractivity contribution in [3.05, 3.63) is 48.3 Å². The van der Waals surface area contributed by atoms with Crippen LogP contribution in [0, 0.1) is 16.7 Å². The van der Waals surface area contributed by atoms with Crippen molar-refractivity contribution in [2.24, 2.45) is 16.7 Å². The van der Waals surface area contributed by atoms with E-state index in [2.05, 4.69) is 13.5 Å². The predicted molar refractivity (Wildman–Crippen MR) is 94.0 cm³/mol.